The maximum atomic E-state index is 7.31. The van der Waals surface area contributed by atoms with Crippen LogP contribution < -0.4 is 5.73 Å². The molecule has 13 rings (SSSR count). The van der Waals surface area contributed by atoms with Gasteiger partial charge in [-0.15, -0.1) is 0 Å². The van der Waals surface area contributed by atoms with Crippen LogP contribution in [0.5, 0.6) is 0 Å². The lowest BCUT2D eigenvalue weighted by molar-refractivity contribution is 0.669. The van der Waals surface area contributed by atoms with Crippen LogP contribution >= 0.6 is 0 Å². The normalized spacial score (nSPS) is 14.0. The largest absolute Gasteiger partial charge is 0.321 e. The molecule has 3 aromatic heterocycles. The number of rotatable bonds is 6. The molecule has 0 saturated carbocycles. The van der Waals surface area contributed by atoms with Gasteiger partial charge in [0.1, 0.15) is 12.0 Å². The molecule has 64 heavy (non-hydrogen) atoms. The van der Waals surface area contributed by atoms with E-state index in [1.54, 1.807) is 0 Å². The lowest BCUT2D eigenvalue weighted by Crippen LogP contribution is -2.20. The first-order valence-electron chi connectivity index (χ1n) is 22.6. The summed E-state index contributed by atoms with van der Waals surface area (Å²) in [5, 5.41) is 10.2. The second-order valence-electron chi connectivity index (χ2n) is 18.1. The zero-order valence-corrected chi connectivity index (χ0v) is 36.1. The Kier molecular flexibility index (Phi) is 8.10. The summed E-state index contributed by atoms with van der Waals surface area (Å²) in [6.07, 6.45) is 9.47. The fourth-order valence-corrected chi connectivity index (χ4v) is 11.6. The summed E-state index contributed by atoms with van der Waals surface area (Å²) in [7, 11) is 0. The van der Waals surface area contributed by atoms with Crippen LogP contribution in [0.15, 0.2) is 176 Å². The third-order valence-corrected chi connectivity index (χ3v) is 14.4. The number of fused-ring (bicyclic) bond motifs is 10. The molecule has 4 nitrogen and oxygen atoms in total. The van der Waals surface area contributed by atoms with Gasteiger partial charge in [0.25, 0.3) is 0 Å². The van der Waals surface area contributed by atoms with E-state index in [2.05, 4.69) is 181 Å². The third-order valence-electron chi connectivity index (χ3n) is 14.4. The van der Waals surface area contributed by atoms with E-state index in [1.807, 2.05) is 12.3 Å². The topological polar surface area (TPSA) is 48.8 Å². The van der Waals surface area contributed by atoms with Gasteiger partial charge in [0.05, 0.1) is 22.1 Å². The molecule has 3 heterocycles. The van der Waals surface area contributed by atoms with E-state index in [0.29, 0.717) is 0 Å². The van der Waals surface area contributed by atoms with E-state index in [-0.39, 0.29) is 6.17 Å². The third kappa shape index (κ3) is 5.36. The maximum absolute atomic E-state index is 7.31. The summed E-state index contributed by atoms with van der Waals surface area (Å²) < 4.78 is 4.88. The van der Waals surface area contributed by atoms with Crippen molar-refractivity contribution in [3.05, 3.63) is 204 Å². The smallest absolute Gasteiger partial charge is 0.137 e. The van der Waals surface area contributed by atoms with Gasteiger partial charge < -0.3 is 10.3 Å². The summed E-state index contributed by atoms with van der Waals surface area (Å²) in [5.41, 5.74) is 28.0. The van der Waals surface area contributed by atoms with Gasteiger partial charge in [-0.2, -0.15) is 0 Å². The van der Waals surface area contributed by atoms with Crippen molar-refractivity contribution in [3.8, 4) is 39.2 Å². The van der Waals surface area contributed by atoms with E-state index in [0.717, 1.165) is 42.6 Å². The molecule has 11 aromatic rings. The van der Waals surface area contributed by atoms with Crippen molar-refractivity contribution in [2.24, 2.45) is 5.73 Å². The molecule has 0 aliphatic heterocycles. The Bertz CT molecular complexity index is 3840. The first kappa shape index (κ1) is 37.1. The number of aromatic nitrogens is 3. The summed E-state index contributed by atoms with van der Waals surface area (Å²) in [6, 6.07) is 54.2. The molecule has 2 aliphatic rings. The molecule has 306 valence electrons. The Morgan fingerprint density at radius 3 is 1.78 bits per heavy atom. The highest BCUT2D eigenvalue weighted by Gasteiger charge is 2.33. The molecule has 0 spiro atoms. The molecule has 4 heteroatoms. The second kappa shape index (κ2) is 14.0. The van der Waals surface area contributed by atoms with Crippen LogP contribution in [0.4, 0.5) is 0 Å². The minimum Gasteiger partial charge on any atom is -0.321 e. The number of benzene rings is 8. The minimum absolute atomic E-state index is 0.367. The zero-order valence-electron chi connectivity index (χ0n) is 36.1. The average Bonchev–Trinajstić information content (AvgIpc) is 3.84. The van der Waals surface area contributed by atoms with E-state index in [1.165, 1.54) is 121 Å². The van der Waals surface area contributed by atoms with Crippen LogP contribution in [0, 0.1) is 6.92 Å². The van der Waals surface area contributed by atoms with Gasteiger partial charge in [0.2, 0.25) is 0 Å². The van der Waals surface area contributed by atoms with E-state index < -0.39 is 0 Å². The molecule has 8 aromatic carbocycles. The number of nitrogens with two attached hydrogens (primary N) is 1. The fraction of sp³-hybridized carbons (Fsp3) is 0.117. The highest BCUT2D eigenvalue weighted by Crippen LogP contribution is 2.51. The Balaban J connectivity index is 1.09. The Hall–Kier alpha value is -7.53. The van der Waals surface area contributed by atoms with Gasteiger partial charge in [0.15, 0.2) is 0 Å². The molecule has 0 fully saturated rings. The van der Waals surface area contributed by atoms with Gasteiger partial charge in [-0.05, 0) is 177 Å². The van der Waals surface area contributed by atoms with Gasteiger partial charge in [-0.1, -0.05) is 115 Å². The van der Waals surface area contributed by atoms with Gasteiger partial charge in [-0.3, -0.25) is 4.57 Å². The molecule has 0 amide bonds. The van der Waals surface area contributed by atoms with Crippen molar-refractivity contribution in [2.45, 2.75) is 45.7 Å². The predicted molar refractivity (Wildman–Crippen MR) is 270 cm³/mol. The summed E-state index contributed by atoms with van der Waals surface area (Å²) >= 11 is 0. The van der Waals surface area contributed by atoms with Crippen molar-refractivity contribution in [1.82, 2.24) is 14.1 Å². The van der Waals surface area contributed by atoms with Crippen LogP contribution in [-0.4, -0.2) is 14.1 Å². The van der Waals surface area contributed by atoms with Crippen molar-refractivity contribution in [3.63, 3.8) is 0 Å². The molecule has 2 N–H and O–H groups in total. The van der Waals surface area contributed by atoms with Crippen molar-refractivity contribution < 1.29 is 0 Å². The number of nitrogens with zero attached hydrogens (tertiary/aromatic N) is 3. The lowest BCUT2D eigenvalue weighted by Gasteiger charge is -2.31. The average molecular weight is 823 g/mol. The van der Waals surface area contributed by atoms with Crippen LogP contribution in [0.3, 0.4) is 0 Å². The highest BCUT2D eigenvalue weighted by atomic mass is 15.1. The Labute approximate surface area is 372 Å². The molecular weight excluding hydrogens is 777 g/mol. The first-order valence-corrected chi connectivity index (χ1v) is 22.6. The highest BCUT2D eigenvalue weighted by molar-refractivity contribution is 6.17. The van der Waals surface area contributed by atoms with Crippen LogP contribution in [-0.2, 0) is 25.7 Å². The Morgan fingerprint density at radius 1 is 0.594 bits per heavy atom. The molecule has 0 radical (unpaired) electrons. The minimum atomic E-state index is -0.367. The molecule has 1 unspecified atom stereocenters. The van der Waals surface area contributed by atoms with Crippen molar-refractivity contribution in [1.29, 1.82) is 0 Å². The van der Waals surface area contributed by atoms with Crippen LogP contribution in [0.25, 0.3) is 104 Å². The Morgan fingerprint density at radius 2 is 1.16 bits per heavy atom. The van der Waals surface area contributed by atoms with E-state index in [4.69, 9.17) is 10.7 Å². The number of aryl methyl sites for hydroxylation is 5. The van der Waals surface area contributed by atoms with Gasteiger partial charge >= 0.3 is 0 Å². The van der Waals surface area contributed by atoms with Crippen LogP contribution in [0.1, 0.15) is 40.9 Å². The standard InChI is InChI=1S/C60H46N4/c1-4-35(2)29-55(61)63-53-25-21-39(45-17-9-13-37-11-5-7-15-43(37)45)31-49(53)51-33-41-20-24-48-58-42(19-23-47(57(41)58)59(51)63)34-52-50-32-40(46-18-10-14-38-12-6-8-16-44(38)46)22-26-54(50)64(60(48)52)56-30-36(3)27-28-62-56/h4-18,21-22,25-34,55H,1,19-20,23-24,61H2,2-3H3/b35-29-. The SMILES string of the molecule is C=C/C(C)=C\C(N)n1c2ccc(-c3cccc4ccccc34)cc2c2cc3c4c(c21)CCc1cc2c5cc(-c6cccc7ccccc67)ccc5n(-c5cc(C)ccn5)c2c(c1-4)CC3. The maximum Gasteiger partial charge on any atom is 0.137 e. The van der Waals surface area contributed by atoms with Crippen molar-refractivity contribution >= 4 is 65.2 Å². The van der Waals surface area contributed by atoms with Gasteiger partial charge in [-0.25, -0.2) is 4.98 Å². The monoisotopic (exact) mass is 822 g/mol. The molecule has 0 bridgehead atoms. The number of hydrogen-bond acceptors (Lipinski definition) is 2. The number of allylic oxidation sites excluding steroid dienone is 2. The van der Waals surface area contributed by atoms with Crippen LogP contribution in [0.2, 0.25) is 0 Å². The summed E-state index contributed by atoms with van der Waals surface area (Å²) in [5.74, 6) is 0.962. The number of pyridine rings is 1. The summed E-state index contributed by atoms with van der Waals surface area (Å²) in [6.45, 7) is 8.33. The molecular formula is C60H46N4. The van der Waals surface area contributed by atoms with E-state index in [9.17, 15) is 0 Å². The predicted octanol–water partition coefficient (Wildman–Crippen LogP) is 14.7. The molecule has 1 atom stereocenters. The quantitative estimate of drug-likeness (QED) is 0.170. The molecule has 2 aliphatic carbocycles. The van der Waals surface area contributed by atoms with Crippen molar-refractivity contribution in [2.75, 3.05) is 0 Å². The van der Waals surface area contributed by atoms with Gasteiger partial charge in [0, 0.05) is 27.7 Å². The first-order chi connectivity index (χ1) is 31.4. The van der Waals surface area contributed by atoms with E-state index >= 15 is 0 Å². The summed E-state index contributed by atoms with van der Waals surface area (Å²) in [4.78, 5) is 5.06. The zero-order chi connectivity index (χ0) is 42.8. The molecule has 0 saturated heterocycles. The second-order valence-corrected chi connectivity index (χ2v) is 18.1. The lowest BCUT2D eigenvalue weighted by atomic mass is 9.74. The number of hydrogen-bond donors (Lipinski definition) is 1. The fourth-order valence-electron chi connectivity index (χ4n) is 11.6.